The van der Waals surface area contributed by atoms with Crippen molar-refractivity contribution >= 4 is 21.8 Å². The predicted octanol–water partition coefficient (Wildman–Crippen LogP) is 2.56. The Morgan fingerprint density at radius 2 is 2.15 bits per heavy atom. The van der Waals surface area contributed by atoms with E-state index in [4.69, 9.17) is 9.15 Å². The normalized spacial score (nSPS) is 18.4. The van der Waals surface area contributed by atoms with E-state index in [1.807, 2.05) is 12.1 Å². The molecule has 2 aromatic rings. The summed E-state index contributed by atoms with van der Waals surface area (Å²) in [6, 6.07) is 7.37. The number of anilines is 1. The summed E-state index contributed by atoms with van der Waals surface area (Å²) in [4.78, 5) is 15.5. The maximum atomic E-state index is 11.8. The molecule has 0 saturated carbocycles. The summed E-state index contributed by atoms with van der Waals surface area (Å²) in [7, 11) is -3.17. The molecule has 0 unspecified atom stereocenters. The summed E-state index contributed by atoms with van der Waals surface area (Å²) in [5, 5.41) is 2.64. The largest absolute Gasteiger partial charge is 0.445 e. The summed E-state index contributed by atoms with van der Waals surface area (Å²) >= 11 is 0. The van der Waals surface area contributed by atoms with Gasteiger partial charge in [0.25, 0.3) is 0 Å². The summed E-state index contributed by atoms with van der Waals surface area (Å²) in [5.74, 6) is 0.620. The van der Waals surface area contributed by atoms with Gasteiger partial charge in [-0.2, -0.15) is 0 Å². The zero-order valence-corrected chi connectivity index (χ0v) is 15.2. The molecule has 1 aliphatic rings. The van der Waals surface area contributed by atoms with Crippen LogP contribution in [0.3, 0.4) is 0 Å². The zero-order chi connectivity index (χ0) is 18.6. The molecule has 3 rings (SSSR count). The molecule has 1 fully saturated rings. The number of amides is 1. The maximum Gasteiger partial charge on any atom is 0.412 e. The Hall–Kier alpha value is -2.39. The Kier molecular flexibility index (Phi) is 5.58. The number of aromatic nitrogens is 1. The first-order valence-electron chi connectivity index (χ1n) is 8.28. The zero-order valence-electron chi connectivity index (χ0n) is 14.4. The molecule has 9 heteroatoms. The van der Waals surface area contributed by atoms with Crippen LogP contribution in [0.15, 0.2) is 41.3 Å². The fraction of sp³-hybridized carbons (Fsp3) is 0.412. The molecule has 140 valence electrons. The Morgan fingerprint density at radius 3 is 2.81 bits per heavy atom. The molecule has 1 aromatic carbocycles. The minimum Gasteiger partial charge on any atom is -0.445 e. The third kappa shape index (κ3) is 4.83. The molecular weight excluding hydrogens is 358 g/mol. The van der Waals surface area contributed by atoms with Crippen molar-refractivity contribution in [1.82, 2.24) is 9.29 Å². The van der Waals surface area contributed by atoms with Crippen LogP contribution in [0, 0.1) is 0 Å². The highest BCUT2D eigenvalue weighted by Gasteiger charge is 2.26. The Bertz CT molecular complexity index is 834. The number of piperidine rings is 1. The second-order valence-corrected chi connectivity index (χ2v) is 8.23. The van der Waals surface area contributed by atoms with E-state index < -0.39 is 16.1 Å². The van der Waals surface area contributed by atoms with Gasteiger partial charge in [0, 0.05) is 18.8 Å². The predicted molar refractivity (Wildman–Crippen MR) is 95.1 cm³/mol. The number of nitrogens with zero attached hydrogens (tertiary/aromatic N) is 2. The van der Waals surface area contributed by atoms with Crippen LogP contribution in [-0.2, 0) is 21.4 Å². The first kappa shape index (κ1) is 18.4. The highest BCUT2D eigenvalue weighted by atomic mass is 32.2. The first-order chi connectivity index (χ1) is 12.4. The monoisotopic (exact) mass is 379 g/mol. The number of hydrogen-bond acceptors (Lipinski definition) is 6. The molecule has 0 bridgehead atoms. The molecule has 8 nitrogen and oxygen atoms in total. The molecule has 1 aliphatic heterocycles. The average Bonchev–Trinajstić information content (AvgIpc) is 3.14. The lowest BCUT2D eigenvalue weighted by molar-refractivity contribution is 0.146. The smallest absolute Gasteiger partial charge is 0.412 e. The molecular formula is C17H21N3O5S. The van der Waals surface area contributed by atoms with Crippen LogP contribution in [0.25, 0.3) is 0 Å². The van der Waals surface area contributed by atoms with Gasteiger partial charge in [0.15, 0.2) is 18.8 Å². The molecule has 1 amide bonds. The minimum atomic E-state index is -3.17. The van der Waals surface area contributed by atoms with Gasteiger partial charge in [0.2, 0.25) is 10.0 Å². The molecule has 1 aromatic heterocycles. The van der Waals surface area contributed by atoms with Crippen LogP contribution < -0.4 is 5.32 Å². The van der Waals surface area contributed by atoms with Crippen LogP contribution in [0.2, 0.25) is 0 Å². The van der Waals surface area contributed by atoms with E-state index in [0.717, 1.165) is 18.4 Å². The van der Waals surface area contributed by atoms with Crippen molar-refractivity contribution < 1.29 is 22.4 Å². The van der Waals surface area contributed by atoms with Crippen LogP contribution in [0.4, 0.5) is 10.5 Å². The van der Waals surface area contributed by atoms with E-state index in [0.29, 0.717) is 24.5 Å². The highest BCUT2D eigenvalue weighted by Crippen LogP contribution is 2.28. The Morgan fingerprint density at radius 1 is 1.38 bits per heavy atom. The summed E-state index contributed by atoms with van der Waals surface area (Å²) in [6.07, 6.45) is 5.18. The number of benzene rings is 1. The van der Waals surface area contributed by atoms with Crippen molar-refractivity contribution in [2.75, 3.05) is 24.7 Å². The quantitative estimate of drug-likeness (QED) is 0.857. The van der Waals surface area contributed by atoms with Gasteiger partial charge in [-0.1, -0.05) is 12.1 Å². The number of hydrogen-bond donors (Lipinski definition) is 1. The lowest BCUT2D eigenvalue weighted by Crippen LogP contribution is -2.38. The van der Waals surface area contributed by atoms with Crippen molar-refractivity contribution in [3.63, 3.8) is 0 Å². The lowest BCUT2D eigenvalue weighted by atomic mass is 9.91. The summed E-state index contributed by atoms with van der Waals surface area (Å²) in [6.45, 7) is 1.07. The number of nitrogens with one attached hydrogen (secondary N) is 1. The van der Waals surface area contributed by atoms with Crippen molar-refractivity contribution in [3.8, 4) is 0 Å². The maximum absolute atomic E-state index is 11.8. The molecule has 0 spiro atoms. The first-order valence-corrected chi connectivity index (χ1v) is 10.1. The van der Waals surface area contributed by atoms with Gasteiger partial charge in [-0.05, 0) is 36.5 Å². The molecule has 0 radical (unpaired) electrons. The van der Waals surface area contributed by atoms with Gasteiger partial charge >= 0.3 is 6.09 Å². The highest BCUT2D eigenvalue weighted by molar-refractivity contribution is 7.88. The fourth-order valence-electron chi connectivity index (χ4n) is 2.96. The number of carbonyl (C=O) groups excluding carboxylic acids is 1. The Labute approximate surface area is 152 Å². The van der Waals surface area contributed by atoms with Crippen molar-refractivity contribution in [1.29, 1.82) is 0 Å². The van der Waals surface area contributed by atoms with Gasteiger partial charge in [0.05, 0.1) is 12.5 Å². The van der Waals surface area contributed by atoms with E-state index in [1.54, 1.807) is 12.1 Å². The molecule has 0 aliphatic carbocycles. The van der Waals surface area contributed by atoms with E-state index in [9.17, 15) is 13.2 Å². The standard InChI is InChI=1S/C17H21N3O5S/c1-26(22,23)20-8-2-3-14(10-20)13-4-6-15(7-5-13)19-17(21)24-11-16-9-18-12-25-16/h4-7,9,12,14H,2-3,8,10-11H2,1H3,(H,19,21)/t14-/m0/s1. The number of oxazole rings is 1. The van der Waals surface area contributed by atoms with Crippen molar-refractivity contribution in [3.05, 3.63) is 48.2 Å². The third-order valence-electron chi connectivity index (χ3n) is 4.31. The molecule has 26 heavy (non-hydrogen) atoms. The van der Waals surface area contributed by atoms with E-state index in [1.165, 1.54) is 23.2 Å². The Balaban J connectivity index is 1.55. The molecule has 2 heterocycles. The fourth-order valence-corrected chi connectivity index (χ4v) is 3.87. The molecule has 1 atom stereocenters. The van der Waals surface area contributed by atoms with E-state index >= 15 is 0 Å². The molecule has 1 saturated heterocycles. The van der Waals surface area contributed by atoms with Gasteiger partial charge in [-0.25, -0.2) is 22.5 Å². The second kappa shape index (κ2) is 7.88. The van der Waals surface area contributed by atoms with E-state index in [-0.39, 0.29) is 12.5 Å². The minimum absolute atomic E-state index is 0.00726. The SMILES string of the molecule is CS(=O)(=O)N1CCC[C@H](c2ccc(NC(=O)OCc3cnco3)cc2)C1. The third-order valence-corrected chi connectivity index (χ3v) is 5.58. The van der Waals surface area contributed by atoms with Crippen LogP contribution in [0.1, 0.15) is 30.1 Å². The number of ether oxygens (including phenoxy) is 1. The van der Waals surface area contributed by atoms with Gasteiger partial charge in [-0.15, -0.1) is 0 Å². The van der Waals surface area contributed by atoms with Gasteiger partial charge < -0.3 is 9.15 Å². The van der Waals surface area contributed by atoms with Crippen molar-refractivity contribution in [2.24, 2.45) is 0 Å². The van der Waals surface area contributed by atoms with Gasteiger partial charge in [-0.3, -0.25) is 5.32 Å². The lowest BCUT2D eigenvalue weighted by Gasteiger charge is -2.31. The van der Waals surface area contributed by atoms with Crippen LogP contribution in [-0.4, -0.2) is 43.1 Å². The van der Waals surface area contributed by atoms with E-state index in [2.05, 4.69) is 10.3 Å². The summed E-state index contributed by atoms with van der Waals surface area (Å²) < 4.78 is 35.0. The van der Waals surface area contributed by atoms with Crippen LogP contribution in [0.5, 0.6) is 0 Å². The number of carbonyl (C=O) groups is 1. The molecule has 1 N–H and O–H groups in total. The number of rotatable bonds is 5. The van der Waals surface area contributed by atoms with Crippen molar-refractivity contribution in [2.45, 2.75) is 25.4 Å². The second-order valence-electron chi connectivity index (χ2n) is 6.25. The van der Waals surface area contributed by atoms with Crippen LogP contribution >= 0.6 is 0 Å². The number of sulfonamides is 1. The van der Waals surface area contributed by atoms with Gasteiger partial charge in [0.1, 0.15) is 0 Å². The average molecular weight is 379 g/mol. The summed E-state index contributed by atoms with van der Waals surface area (Å²) in [5.41, 5.74) is 1.66. The topological polar surface area (TPSA) is 102 Å².